The molecule has 0 aliphatic carbocycles. The first-order valence-electron chi connectivity index (χ1n) is 6.07. The second kappa shape index (κ2) is 6.33. The maximum absolute atomic E-state index is 5.68. The Kier molecular flexibility index (Phi) is 4.51. The summed E-state index contributed by atoms with van der Waals surface area (Å²) in [6, 6.07) is 2.07. The van der Waals surface area contributed by atoms with E-state index in [2.05, 4.69) is 27.2 Å². The lowest BCUT2D eigenvalue weighted by molar-refractivity contribution is 0.295. The number of hydrogen-bond acceptors (Lipinski definition) is 7. The third kappa shape index (κ3) is 4.06. The summed E-state index contributed by atoms with van der Waals surface area (Å²) in [7, 11) is 0. The van der Waals surface area contributed by atoms with Crippen molar-refractivity contribution in [3.63, 3.8) is 0 Å². The van der Waals surface area contributed by atoms with E-state index in [-0.39, 0.29) is 12.0 Å². The van der Waals surface area contributed by atoms with Crippen LogP contribution in [0.3, 0.4) is 0 Å². The number of aromatic nitrogens is 3. The molecule has 19 heavy (non-hydrogen) atoms. The van der Waals surface area contributed by atoms with Crippen molar-refractivity contribution in [3.05, 3.63) is 22.7 Å². The van der Waals surface area contributed by atoms with Crippen LogP contribution in [0, 0.1) is 6.92 Å². The van der Waals surface area contributed by atoms with Crippen LogP contribution in [-0.4, -0.2) is 27.6 Å². The first-order chi connectivity index (χ1) is 9.17. The number of nitrogens with one attached hydrogen (secondary N) is 1. The maximum Gasteiger partial charge on any atom is 0.228 e. The zero-order valence-electron chi connectivity index (χ0n) is 11.0. The minimum Gasteiger partial charge on any atom is -0.491 e. The molecule has 2 heterocycles. The number of nitrogens with two attached hydrogens (primary N) is 1. The lowest BCUT2D eigenvalue weighted by Gasteiger charge is -2.17. The van der Waals surface area contributed by atoms with Gasteiger partial charge in [-0.05, 0) is 24.8 Å². The SMILES string of the molecule is CCC(COc1ccsc1)Nc1nc(C)nc(N)n1. The van der Waals surface area contributed by atoms with Crippen molar-refractivity contribution in [1.82, 2.24) is 15.0 Å². The van der Waals surface area contributed by atoms with Crippen LogP contribution >= 0.6 is 11.3 Å². The van der Waals surface area contributed by atoms with Crippen molar-refractivity contribution >= 4 is 23.2 Å². The van der Waals surface area contributed by atoms with Gasteiger partial charge in [0.25, 0.3) is 0 Å². The summed E-state index contributed by atoms with van der Waals surface area (Å²) in [5.41, 5.74) is 5.60. The minimum absolute atomic E-state index is 0.126. The molecular formula is C12H17N5OS. The van der Waals surface area contributed by atoms with Crippen LogP contribution in [0.5, 0.6) is 5.75 Å². The van der Waals surface area contributed by atoms with Crippen molar-refractivity contribution < 1.29 is 4.74 Å². The van der Waals surface area contributed by atoms with Gasteiger partial charge in [0.05, 0.1) is 6.04 Å². The monoisotopic (exact) mass is 279 g/mol. The van der Waals surface area contributed by atoms with Crippen LogP contribution in [0.1, 0.15) is 19.2 Å². The second-order valence-electron chi connectivity index (χ2n) is 4.08. The summed E-state index contributed by atoms with van der Waals surface area (Å²) in [5.74, 6) is 2.20. The van der Waals surface area contributed by atoms with E-state index >= 15 is 0 Å². The fraction of sp³-hybridized carbons (Fsp3) is 0.417. The van der Waals surface area contributed by atoms with E-state index in [0.29, 0.717) is 18.4 Å². The van der Waals surface area contributed by atoms with E-state index in [9.17, 15) is 0 Å². The first kappa shape index (κ1) is 13.5. The normalized spacial score (nSPS) is 12.1. The number of nitrogen functional groups attached to an aromatic ring is 1. The molecule has 0 fully saturated rings. The molecule has 7 heteroatoms. The zero-order valence-corrected chi connectivity index (χ0v) is 11.8. The Morgan fingerprint density at radius 3 is 2.89 bits per heavy atom. The van der Waals surface area contributed by atoms with E-state index in [0.717, 1.165) is 12.2 Å². The Hall–Kier alpha value is -1.89. The fourth-order valence-corrected chi connectivity index (χ4v) is 2.11. The fourth-order valence-electron chi connectivity index (χ4n) is 1.54. The molecule has 0 amide bonds. The van der Waals surface area contributed by atoms with Gasteiger partial charge in [0.15, 0.2) is 0 Å². The highest BCUT2D eigenvalue weighted by molar-refractivity contribution is 7.08. The molecule has 2 rings (SSSR count). The average molecular weight is 279 g/mol. The van der Waals surface area contributed by atoms with E-state index in [1.165, 1.54) is 0 Å². The third-order valence-electron chi connectivity index (χ3n) is 2.54. The second-order valence-corrected chi connectivity index (χ2v) is 4.86. The lowest BCUT2D eigenvalue weighted by atomic mass is 10.2. The zero-order chi connectivity index (χ0) is 13.7. The van der Waals surface area contributed by atoms with Gasteiger partial charge in [0.2, 0.25) is 11.9 Å². The van der Waals surface area contributed by atoms with Crippen molar-refractivity contribution in [2.45, 2.75) is 26.3 Å². The number of anilines is 2. The predicted octanol–water partition coefficient (Wildman–Crippen LogP) is 2.09. The Labute approximate surface area is 116 Å². The molecule has 1 atom stereocenters. The molecule has 3 N–H and O–H groups in total. The predicted molar refractivity (Wildman–Crippen MR) is 76.5 cm³/mol. The largest absolute Gasteiger partial charge is 0.491 e. The molecule has 0 bridgehead atoms. The van der Waals surface area contributed by atoms with Gasteiger partial charge < -0.3 is 15.8 Å². The summed E-state index contributed by atoms with van der Waals surface area (Å²) in [5, 5.41) is 7.16. The molecule has 6 nitrogen and oxygen atoms in total. The van der Waals surface area contributed by atoms with E-state index < -0.39 is 0 Å². The Balaban J connectivity index is 1.94. The third-order valence-corrected chi connectivity index (χ3v) is 3.20. The van der Waals surface area contributed by atoms with Crippen molar-refractivity contribution in [2.75, 3.05) is 17.7 Å². The number of ether oxygens (including phenoxy) is 1. The molecular weight excluding hydrogens is 262 g/mol. The van der Waals surface area contributed by atoms with Crippen LogP contribution in [0.15, 0.2) is 16.8 Å². The topological polar surface area (TPSA) is 86.0 Å². The van der Waals surface area contributed by atoms with Gasteiger partial charge in [-0.2, -0.15) is 15.0 Å². The molecule has 0 aliphatic rings. The molecule has 2 aromatic heterocycles. The lowest BCUT2D eigenvalue weighted by Crippen LogP contribution is -2.27. The number of aryl methyl sites for hydroxylation is 1. The Morgan fingerprint density at radius 2 is 2.26 bits per heavy atom. The first-order valence-corrected chi connectivity index (χ1v) is 7.01. The van der Waals surface area contributed by atoms with Crippen molar-refractivity contribution in [1.29, 1.82) is 0 Å². The highest BCUT2D eigenvalue weighted by Crippen LogP contribution is 2.15. The molecule has 0 radical (unpaired) electrons. The molecule has 0 saturated carbocycles. The molecule has 0 spiro atoms. The van der Waals surface area contributed by atoms with Gasteiger partial charge >= 0.3 is 0 Å². The highest BCUT2D eigenvalue weighted by Gasteiger charge is 2.10. The van der Waals surface area contributed by atoms with Crippen molar-refractivity contribution in [2.24, 2.45) is 0 Å². The van der Waals surface area contributed by atoms with Crippen LogP contribution in [0.25, 0.3) is 0 Å². The van der Waals surface area contributed by atoms with Crippen LogP contribution in [0.2, 0.25) is 0 Å². The Bertz CT molecular complexity index is 497. The minimum atomic E-state index is 0.126. The van der Waals surface area contributed by atoms with Crippen LogP contribution < -0.4 is 15.8 Å². The maximum atomic E-state index is 5.68. The van der Waals surface area contributed by atoms with E-state index in [1.54, 1.807) is 18.3 Å². The Morgan fingerprint density at radius 1 is 1.42 bits per heavy atom. The van der Waals surface area contributed by atoms with E-state index in [1.807, 2.05) is 16.8 Å². The van der Waals surface area contributed by atoms with Crippen LogP contribution in [0.4, 0.5) is 11.9 Å². The summed E-state index contributed by atoms with van der Waals surface area (Å²) >= 11 is 1.61. The van der Waals surface area contributed by atoms with Crippen molar-refractivity contribution in [3.8, 4) is 5.75 Å². The molecule has 102 valence electrons. The summed E-state index contributed by atoms with van der Waals surface area (Å²) < 4.78 is 5.68. The van der Waals surface area contributed by atoms with E-state index in [4.69, 9.17) is 10.5 Å². The summed E-state index contributed by atoms with van der Waals surface area (Å²) in [6.45, 7) is 4.41. The van der Waals surface area contributed by atoms with Gasteiger partial charge in [-0.15, -0.1) is 11.3 Å². The molecule has 0 aliphatic heterocycles. The smallest absolute Gasteiger partial charge is 0.228 e. The van der Waals surface area contributed by atoms with Gasteiger partial charge in [0.1, 0.15) is 18.2 Å². The number of thiophene rings is 1. The number of nitrogens with zero attached hydrogens (tertiary/aromatic N) is 3. The number of hydrogen-bond donors (Lipinski definition) is 2. The van der Waals surface area contributed by atoms with Gasteiger partial charge in [-0.3, -0.25) is 0 Å². The van der Waals surface area contributed by atoms with Gasteiger partial charge in [-0.25, -0.2) is 0 Å². The molecule has 1 unspecified atom stereocenters. The van der Waals surface area contributed by atoms with Gasteiger partial charge in [0, 0.05) is 5.38 Å². The molecule has 0 saturated heterocycles. The van der Waals surface area contributed by atoms with Gasteiger partial charge in [-0.1, -0.05) is 6.92 Å². The van der Waals surface area contributed by atoms with Crippen LogP contribution in [-0.2, 0) is 0 Å². The number of rotatable bonds is 6. The standard InChI is InChI=1S/C12H17N5OS/c1-3-9(6-18-10-4-5-19-7-10)16-12-15-8(2)14-11(13)17-12/h4-5,7,9H,3,6H2,1-2H3,(H3,13,14,15,16,17). The molecule has 0 aromatic carbocycles. The molecule has 2 aromatic rings. The quantitative estimate of drug-likeness (QED) is 0.842. The summed E-state index contributed by atoms with van der Waals surface area (Å²) in [4.78, 5) is 12.2. The highest BCUT2D eigenvalue weighted by atomic mass is 32.1. The summed E-state index contributed by atoms with van der Waals surface area (Å²) in [6.07, 6.45) is 0.898. The average Bonchev–Trinajstić information content (AvgIpc) is 2.86.